The maximum Gasteiger partial charge on any atom is 0.221 e. The summed E-state index contributed by atoms with van der Waals surface area (Å²) in [5.74, 6) is 3.04. The Labute approximate surface area is 200 Å². The molecule has 168 valence electrons. The molecule has 0 N–H and O–H groups in total. The third-order valence-electron chi connectivity index (χ3n) is 6.97. The van der Waals surface area contributed by atoms with Crippen LogP contribution in [0.1, 0.15) is 24.8 Å². The standard InChI is InChI=1S/C30H27N3O/c1-3-12-24-21(2)30-32(22-13-6-4-7-14-22)27-19-20-28(34-23-15-8-5-9-16-23)31-29(27)33(30)26-18-11-10-17-25(24)26/h3-11,13-21,24,30H,1,12H2,2H3. The number of rotatable bonds is 5. The van der Waals surface area contributed by atoms with Gasteiger partial charge in [0.15, 0.2) is 5.82 Å². The average Bonchev–Trinajstić information content (AvgIpc) is 3.22. The van der Waals surface area contributed by atoms with Gasteiger partial charge in [0.25, 0.3) is 0 Å². The number of aromatic nitrogens is 1. The Hall–Kier alpha value is -4.05. The summed E-state index contributed by atoms with van der Waals surface area (Å²) in [6, 6.07) is 33.3. The van der Waals surface area contributed by atoms with Crippen molar-refractivity contribution >= 4 is 22.9 Å². The van der Waals surface area contributed by atoms with E-state index in [1.54, 1.807) is 0 Å². The first-order valence-electron chi connectivity index (χ1n) is 11.8. The predicted octanol–water partition coefficient (Wildman–Crippen LogP) is 7.80. The van der Waals surface area contributed by atoms with Crippen molar-refractivity contribution in [3.05, 3.63) is 115 Å². The molecule has 0 amide bonds. The second-order valence-electron chi connectivity index (χ2n) is 8.95. The molecule has 3 unspecified atom stereocenters. The van der Waals surface area contributed by atoms with E-state index in [0.717, 1.165) is 23.7 Å². The molecule has 3 atom stereocenters. The molecule has 3 heterocycles. The molecular formula is C30H27N3O. The van der Waals surface area contributed by atoms with Gasteiger partial charge in [-0.1, -0.05) is 67.6 Å². The summed E-state index contributed by atoms with van der Waals surface area (Å²) in [7, 11) is 0. The summed E-state index contributed by atoms with van der Waals surface area (Å²) in [6.45, 7) is 6.41. The monoisotopic (exact) mass is 445 g/mol. The molecule has 0 spiro atoms. The van der Waals surface area contributed by atoms with E-state index in [2.05, 4.69) is 84.0 Å². The third-order valence-corrected chi connectivity index (χ3v) is 6.97. The van der Waals surface area contributed by atoms with Crippen molar-refractivity contribution in [2.45, 2.75) is 25.4 Å². The zero-order valence-corrected chi connectivity index (χ0v) is 19.2. The number of para-hydroxylation sites is 3. The van der Waals surface area contributed by atoms with Crippen molar-refractivity contribution in [1.82, 2.24) is 4.98 Å². The Bertz CT molecular complexity index is 1320. The van der Waals surface area contributed by atoms with E-state index in [9.17, 15) is 0 Å². The predicted molar refractivity (Wildman–Crippen MR) is 138 cm³/mol. The van der Waals surface area contributed by atoms with E-state index in [4.69, 9.17) is 9.72 Å². The van der Waals surface area contributed by atoms with Crippen LogP contribution in [-0.4, -0.2) is 11.1 Å². The van der Waals surface area contributed by atoms with Crippen LogP contribution in [0.5, 0.6) is 11.6 Å². The Morgan fingerprint density at radius 3 is 2.29 bits per heavy atom. The average molecular weight is 446 g/mol. The molecule has 34 heavy (non-hydrogen) atoms. The number of allylic oxidation sites excluding steroid dienone is 1. The van der Waals surface area contributed by atoms with Gasteiger partial charge in [-0.25, -0.2) is 0 Å². The van der Waals surface area contributed by atoms with Gasteiger partial charge in [0.1, 0.15) is 11.9 Å². The van der Waals surface area contributed by atoms with Crippen molar-refractivity contribution in [3.8, 4) is 11.6 Å². The third kappa shape index (κ3) is 3.26. The molecule has 4 aromatic rings. The van der Waals surface area contributed by atoms with Gasteiger partial charge in [-0.2, -0.15) is 4.98 Å². The smallest absolute Gasteiger partial charge is 0.221 e. The highest BCUT2D eigenvalue weighted by molar-refractivity contribution is 5.88. The Morgan fingerprint density at radius 2 is 1.53 bits per heavy atom. The minimum absolute atomic E-state index is 0.108. The van der Waals surface area contributed by atoms with Crippen LogP contribution in [0, 0.1) is 5.92 Å². The summed E-state index contributed by atoms with van der Waals surface area (Å²) in [6.07, 6.45) is 3.10. The number of nitrogens with zero attached hydrogens (tertiary/aromatic N) is 3. The van der Waals surface area contributed by atoms with Gasteiger partial charge in [-0.15, -0.1) is 6.58 Å². The van der Waals surface area contributed by atoms with E-state index in [1.165, 1.54) is 16.9 Å². The molecule has 0 saturated heterocycles. The molecule has 2 aliphatic heterocycles. The van der Waals surface area contributed by atoms with Crippen molar-refractivity contribution in [2.24, 2.45) is 5.92 Å². The molecule has 4 heteroatoms. The van der Waals surface area contributed by atoms with Gasteiger partial charge in [0.05, 0.1) is 5.69 Å². The van der Waals surface area contributed by atoms with Crippen LogP contribution in [0.4, 0.5) is 22.9 Å². The minimum atomic E-state index is 0.108. The first-order chi connectivity index (χ1) is 16.8. The molecule has 4 nitrogen and oxygen atoms in total. The molecule has 0 bridgehead atoms. The molecular weight excluding hydrogens is 418 g/mol. The summed E-state index contributed by atoms with van der Waals surface area (Å²) >= 11 is 0. The van der Waals surface area contributed by atoms with Crippen molar-refractivity contribution in [3.63, 3.8) is 0 Å². The van der Waals surface area contributed by atoms with Crippen LogP contribution in [0.3, 0.4) is 0 Å². The SMILES string of the molecule is C=CCC1c2ccccc2N2c3nc(Oc4ccccc4)ccc3N(c3ccccc3)C2C1C. The number of ether oxygens (including phenoxy) is 1. The number of hydrogen-bond donors (Lipinski definition) is 0. The van der Waals surface area contributed by atoms with Crippen LogP contribution in [0.25, 0.3) is 0 Å². The van der Waals surface area contributed by atoms with Gasteiger partial charge in [-0.3, -0.25) is 0 Å². The van der Waals surface area contributed by atoms with E-state index in [0.29, 0.717) is 17.7 Å². The van der Waals surface area contributed by atoms with Crippen LogP contribution < -0.4 is 14.5 Å². The lowest BCUT2D eigenvalue weighted by molar-refractivity contribution is 0.368. The van der Waals surface area contributed by atoms with Crippen molar-refractivity contribution in [1.29, 1.82) is 0 Å². The summed E-state index contributed by atoms with van der Waals surface area (Å²) in [5.41, 5.74) is 4.82. The first-order valence-corrected chi connectivity index (χ1v) is 11.8. The number of hydrogen-bond acceptors (Lipinski definition) is 4. The maximum absolute atomic E-state index is 6.13. The molecule has 3 aromatic carbocycles. The Balaban J connectivity index is 1.53. The molecule has 0 radical (unpaired) electrons. The zero-order chi connectivity index (χ0) is 23.1. The second kappa shape index (κ2) is 8.38. The summed E-state index contributed by atoms with van der Waals surface area (Å²) < 4.78 is 6.13. The van der Waals surface area contributed by atoms with E-state index >= 15 is 0 Å². The van der Waals surface area contributed by atoms with Crippen LogP contribution in [0.15, 0.2) is 110 Å². The Kier molecular flexibility index (Phi) is 5.06. The fraction of sp³-hybridized carbons (Fsp3) is 0.167. The fourth-order valence-corrected chi connectivity index (χ4v) is 5.48. The zero-order valence-electron chi connectivity index (χ0n) is 19.2. The quantitative estimate of drug-likeness (QED) is 0.293. The summed E-state index contributed by atoms with van der Waals surface area (Å²) in [5, 5.41) is 0. The van der Waals surface area contributed by atoms with Gasteiger partial charge in [0.2, 0.25) is 5.88 Å². The van der Waals surface area contributed by atoms with E-state index in [1.807, 2.05) is 42.5 Å². The molecule has 1 aromatic heterocycles. The molecule has 0 fully saturated rings. The van der Waals surface area contributed by atoms with Gasteiger partial charge in [0, 0.05) is 23.4 Å². The second-order valence-corrected chi connectivity index (χ2v) is 8.95. The highest BCUT2D eigenvalue weighted by atomic mass is 16.5. The normalized spacial score (nSPS) is 20.3. The molecule has 0 saturated carbocycles. The molecule has 2 aliphatic rings. The highest BCUT2D eigenvalue weighted by Crippen LogP contribution is 2.56. The lowest BCUT2D eigenvalue weighted by Crippen LogP contribution is -2.48. The molecule has 6 rings (SSSR count). The van der Waals surface area contributed by atoms with Crippen molar-refractivity contribution in [2.75, 3.05) is 9.80 Å². The van der Waals surface area contributed by atoms with E-state index < -0.39 is 0 Å². The lowest BCUT2D eigenvalue weighted by atomic mass is 9.78. The highest BCUT2D eigenvalue weighted by Gasteiger charge is 2.48. The first kappa shape index (κ1) is 20.5. The fourth-order valence-electron chi connectivity index (χ4n) is 5.48. The van der Waals surface area contributed by atoms with Crippen LogP contribution in [0.2, 0.25) is 0 Å². The number of fused-ring (bicyclic) bond motifs is 5. The molecule has 0 aliphatic carbocycles. The van der Waals surface area contributed by atoms with Crippen molar-refractivity contribution < 1.29 is 4.74 Å². The van der Waals surface area contributed by atoms with Crippen LogP contribution in [-0.2, 0) is 0 Å². The van der Waals surface area contributed by atoms with Crippen LogP contribution >= 0.6 is 0 Å². The van der Waals surface area contributed by atoms with E-state index in [-0.39, 0.29) is 6.17 Å². The van der Waals surface area contributed by atoms with Gasteiger partial charge in [-0.05, 0) is 54.3 Å². The number of pyridine rings is 1. The number of benzene rings is 3. The minimum Gasteiger partial charge on any atom is -0.439 e. The Morgan fingerprint density at radius 1 is 0.824 bits per heavy atom. The summed E-state index contributed by atoms with van der Waals surface area (Å²) in [4.78, 5) is 9.89. The van der Waals surface area contributed by atoms with Gasteiger partial charge >= 0.3 is 0 Å². The van der Waals surface area contributed by atoms with Gasteiger partial charge < -0.3 is 14.5 Å². The maximum atomic E-state index is 6.13. The topological polar surface area (TPSA) is 28.6 Å². The largest absolute Gasteiger partial charge is 0.439 e. The lowest BCUT2D eigenvalue weighted by Gasteiger charge is -2.45. The number of anilines is 4.